The molecule has 0 aliphatic carbocycles. The number of aromatic nitrogens is 1. The lowest BCUT2D eigenvalue weighted by atomic mass is 10.1. The van der Waals surface area contributed by atoms with Gasteiger partial charge in [0.2, 0.25) is 0 Å². The molecule has 0 amide bonds. The minimum atomic E-state index is 0.157. The van der Waals surface area contributed by atoms with Crippen LogP contribution in [0.15, 0.2) is 53.6 Å². The number of hydrazone groups is 1. The average Bonchev–Trinajstić information content (AvgIpc) is 2.81. The van der Waals surface area contributed by atoms with Gasteiger partial charge in [0.15, 0.2) is 5.11 Å². The van der Waals surface area contributed by atoms with Gasteiger partial charge in [-0.1, -0.05) is 36.4 Å². The van der Waals surface area contributed by atoms with E-state index in [2.05, 4.69) is 77.5 Å². The molecule has 4 nitrogen and oxygen atoms in total. The van der Waals surface area contributed by atoms with Crippen LogP contribution in [0.5, 0.6) is 0 Å². The van der Waals surface area contributed by atoms with Crippen molar-refractivity contribution in [3.05, 3.63) is 65.5 Å². The van der Waals surface area contributed by atoms with Gasteiger partial charge >= 0.3 is 0 Å². The van der Waals surface area contributed by atoms with Crippen LogP contribution in [-0.2, 0) is 0 Å². The van der Waals surface area contributed by atoms with Gasteiger partial charge in [0.25, 0.3) is 0 Å². The predicted octanol–water partition coefficient (Wildman–Crippen LogP) is 3.41. The Morgan fingerprint density at radius 3 is 2.70 bits per heavy atom. The summed E-state index contributed by atoms with van der Waals surface area (Å²) in [7, 11) is 0. The van der Waals surface area contributed by atoms with Crippen LogP contribution < -0.4 is 11.2 Å². The molecule has 5 heteroatoms. The van der Waals surface area contributed by atoms with Gasteiger partial charge in [-0.2, -0.15) is 5.10 Å². The van der Waals surface area contributed by atoms with Crippen LogP contribution in [0, 0.1) is 13.8 Å². The number of rotatable bonds is 3. The molecule has 0 spiro atoms. The third kappa shape index (κ3) is 2.96. The second-order valence-corrected chi connectivity index (χ2v) is 5.83. The normalized spacial score (nSPS) is 11.2. The van der Waals surface area contributed by atoms with E-state index < -0.39 is 0 Å². The molecule has 0 bridgehead atoms. The first-order valence-electron chi connectivity index (χ1n) is 7.33. The maximum Gasteiger partial charge on any atom is 0.184 e. The van der Waals surface area contributed by atoms with E-state index in [0.29, 0.717) is 0 Å². The number of fused-ring (bicyclic) bond motifs is 1. The molecule has 0 unspecified atom stereocenters. The van der Waals surface area contributed by atoms with Crippen molar-refractivity contribution in [1.29, 1.82) is 0 Å². The predicted molar refractivity (Wildman–Crippen MR) is 100 cm³/mol. The second-order valence-electron chi connectivity index (χ2n) is 5.39. The molecule has 3 aromatic rings. The molecule has 116 valence electrons. The Morgan fingerprint density at radius 1 is 1.17 bits per heavy atom. The molecule has 0 aliphatic rings. The van der Waals surface area contributed by atoms with E-state index in [1.54, 1.807) is 6.21 Å². The van der Waals surface area contributed by atoms with Gasteiger partial charge in [0.05, 0.1) is 11.9 Å². The van der Waals surface area contributed by atoms with Gasteiger partial charge in [-0.3, -0.25) is 5.43 Å². The van der Waals surface area contributed by atoms with E-state index in [4.69, 9.17) is 18.0 Å². The molecule has 1 heterocycles. The number of benzene rings is 2. The van der Waals surface area contributed by atoms with Crippen LogP contribution in [0.3, 0.4) is 0 Å². The van der Waals surface area contributed by atoms with Gasteiger partial charge in [0.1, 0.15) is 0 Å². The summed E-state index contributed by atoms with van der Waals surface area (Å²) in [6.07, 6.45) is 1.74. The van der Waals surface area contributed by atoms with Crippen molar-refractivity contribution in [2.45, 2.75) is 13.8 Å². The lowest BCUT2D eigenvalue weighted by Crippen LogP contribution is -2.24. The topological polar surface area (TPSA) is 55.3 Å². The highest BCUT2D eigenvalue weighted by Gasteiger charge is 2.11. The number of nitrogens with zero attached hydrogens (tertiary/aromatic N) is 2. The third-order valence-corrected chi connectivity index (χ3v) is 3.95. The first kappa shape index (κ1) is 15.2. The highest BCUT2D eigenvalue weighted by atomic mass is 32.1. The number of thiocarbonyl (C=S) groups is 1. The molecule has 0 atom stereocenters. The van der Waals surface area contributed by atoms with Crippen LogP contribution in [0.2, 0.25) is 0 Å². The van der Waals surface area contributed by atoms with Crippen molar-refractivity contribution in [2.75, 3.05) is 0 Å². The minimum Gasteiger partial charge on any atom is -0.375 e. The largest absolute Gasteiger partial charge is 0.375 e. The zero-order valence-corrected chi connectivity index (χ0v) is 13.9. The minimum absolute atomic E-state index is 0.157. The Hall–Kier alpha value is -2.66. The van der Waals surface area contributed by atoms with Crippen molar-refractivity contribution in [3.63, 3.8) is 0 Å². The maximum atomic E-state index is 5.38. The monoisotopic (exact) mass is 322 g/mol. The fourth-order valence-corrected chi connectivity index (χ4v) is 2.91. The molecule has 0 saturated heterocycles. The quantitative estimate of drug-likeness (QED) is 0.441. The van der Waals surface area contributed by atoms with E-state index in [-0.39, 0.29) is 5.11 Å². The second kappa shape index (κ2) is 6.22. The molecule has 0 saturated carbocycles. The Morgan fingerprint density at radius 2 is 1.91 bits per heavy atom. The van der Waals surface area contributed by atoms with Crippen LogP contribution in [0.4, 0.5) is 0 Å². The standard InChI is InChI=1S/C18H18N4S/c1-12-10-15(11-20-21-18(19)23)13(2)22(12)17-9-5-7-14-6-3-4-8-16(14)17/h3-11H,1-2H3,(H3,19,21,23)/b20-11-. The molecule has 0 fully saturated rings. The van der Waals surface area contributed by atoms with Crippen LogP contribution in [-0.4, -0.2) is 15.9 Å². The van der Waals surface area contributed by atoms with Gasteiger partial charge < -0.3 is 10.3 Å². The number of hydrogen-bond donors (Lipinski definition) is 2. The summed E-state index contributed by atoms with van der Waals surface area (Å²) in [4.78, 5) is 0. The number of nitrogens with two attached hydrogens (primary N) is 1. The van der Waals surface area contributed by atoms with E-state index in [9.17, 15) is 0 Å². The van der Waals surface area contributed by atoms with Gasteiger partial charge in [-0.25, -0.2) is 0 Å². The lowest BCUT2D eigenvalue weighted by Gasteiger charge is -2.12. The fourth-order valence-electron chi connectivity index (χ4n) is 2.86. The van der Waals surface area contributed by atoms with E-state index >= 15 is 0 Å². The summed E-state index contributed by atoms with van der Waals surface area (Å²) in [6.45, 7) is 4.17. The Labute approximate surface area is 140 Å². The smallest absolute Gasteiger partial charge is 0.184 e. The summed E-state index contributed by atoms with van der Waals surface area (Å²) in [5, 5.41) is 6.66. The summed E-state index contributed by atoms with van der Waals surface area (Å²) in [6, 6.07) is 16.8. The van der Waals surface area contributed by atoms with Crippen molar-refractivity contribution < 1.29 is 0 Å². The molecule has 2 aromatic carbocycles. The number of nitrogens with one attached hydrogen (secondary N) is 1. The zero-order chi connectivity index (χ0) is 16.4. The third-order valence-electron chi connectivity index (χ3n) is 3.86. The summed E-state index contributed by atoms with van der Waals surface area (Å²) in [5.41, 5.74) is 12.4. The Kier molecular flexibility index (Phi) is 4.12. The van der Waals surface area contributed by atoms with Crippen LogP contribution in [0.1, 0.15) is 17.0 Å². The summed E-state index contributed by atoms with van der Waals surface area (Å²) < 4.78 is 2.24. The van der Waals surface area contributed by atoms with Gasteiger partial charge in [-0.05, 0) is 43.6 Å². The van der Waals surface area contributed by atoms with Crippen LogP contribution in [0.25, 0.3) is 16.5 Å². The molecule has 23 heavy (non-hydrogen) atoms. The summed E-state index contributed by atoms with van der Waals surface area (Å²) in [5.74, 6) is 0. The lowest BCUT2D eigenvalue weighted by molar-refractivity contribution is 0.972. The highest BCUT2D eigenvalue weighted by Crippen LogP contribution is 2.26. The first-order chi connectivity index (χ1) is 11.1. The number of aryl methyl sites for hydroxylation is 1. The zero-order valence-electron chi connectivity index (χ0n) is 13.1. The van der Waals surface area contributed by atoms with Crippen molar-refractivity contribution in [1.82, 2.24) is 9.99 Å². The van der Waals surface area contributed by atoms with E-state index in [0.717, 1.165) is 17.0 Å². The van der Waals surface area contributed by atoms with E-state index in [1.165, 1.54) is 16.5 Å². The maximum absolute atomic E-state index is 5.38. The first-order valence-corrected chi connectivity index (χ1v) is 7.74. The Balaban J connectivity index is 2.11. The van der Waals surface area contributed by atoms with E-state index in [1.807, 2.05) is 0 Å². The van der Waals surface area contributed by atoms with Crippen molar-refractivity contribution >= 4 is 34.3 Å². The molecule has 0 radical (unpaired) electrons. The highest BCUT2D eigenvalue weighted by molar-refractivity contribution is 7.80. The van der Waals surface area contributed by atoms with Gasteiger partial charge in [0, 0.05) is 22.3 Å². The van der Waals surface area contributed by atoms with Gasteiger partial charge in [-0.15, -0.1) is 0 Å². The molecule has 0 aliphatic heterocycles. The Bertz CT molecular complexity index is 903. The fraction of sp³-hybridized carbons (Fsp3) is 0.111. The molecule has 3 N–H and O–H groups in total. The molecular weight excluding hydrogens is 304 g/mol. The van der Waals surface area contributed by atoms with Crippen LogP contribution >= 0.6 is 12.2 Å². The number of hydrogen-bond acceptors (Lipinski definition) is 2. The molecule has 3 rings (SSSR count). The van der Waals surface area contributed by atoms with Crippen molar-refractivity contribution in [3.8, 4) is 5.69 Å². The van der Waals surface area contributed by atoms with Crippen molar-refractivity contribution in [2.24, 2.45) is 10.8 Å². The SMILES string of the molecule is Cc1cc(/C=N\NC(N)=S)c(C)n1-c1cccc2ccccc12. The summed E-state index contributed by atoms with van der Waals surface area (Å²) >= 11 is 4.75. The molecular formula is C18H18N4S. The molecule has 1 aromatic heterocycles. The average molecular weight is 322 g/mol.